The molecule has 0 atom stereocenters. The molecule has 5 nitrogen and oxygen atoms in total. The summed E-state index contributed by atoms with van der Waals surface area (Å²) in [7, 11) is 0. The fourth-order valence-electron chi connectivity index (χ4n) is 0.735. The average Bonchev–Trinajstić information content (AvgIpc) is 2.08. The van der Waals surface area contributed by atoms with E-state index in [0.29, 0.717) is 0 Å². The topological polar surface area (TPSA) is 72.3 Å². The predicted molar refractivity (Wildman–Crippen MR) is 44.0 cm³/mol. The Bertz CT molecular complexity index is 284. The second-order valence-corrected chi connectivity index (χ2v) is 2.59. The SMILES string of the molecule is CC(=O)COCc1cnc(O)nc1. The van der Waals surface area contributed by atoms with Crippen LogP contribution < -0.4 is 0 Å². The summed E-state index contributed by atoms with van der Waals surface area (Å²) < 4.78 is 5.01. The number of hydrogen-bond acceptors (Lipinski definition) is 5. The number of ether oxygens (including phenoxy) is 1. The van der Waals surface area contributed by atoms with E-state index >= 15 is 0 Å². The molecule has 0 aliphatic heterocycles. The van der Waals surface area contributed by atoms with Crippen molar-refractivity contribution in [2.75, 3.05) is 6.61 Å². The quantitative estimate of drug-likeness (QED) is 0.724. The summed E-state index contributed by atoms with van der Waals surface area (Å²) in [4.78, 5) is 17.6. The van der Waals surface area contributed by atoms with Crippen LogP contribution in [-0.4, -0.2) is 27.5 Å². The van der Waals surface area contributed by atoms with E-state index in [1.165, 1.54) is 19.3 Å². The third kappa shape index (κ3) is 3.62. The summed E-state index contributed by atoms with van der Waals surface area (Å²) in [6, 6.07) is -0.268. The first-order valence-electron chi connectivity index (χ1n) is 3.75. The second-order valence-electron chi connectivity index (χ2n) is 2.59. The van der Waals surface area contributed by atoms with Gasteiger partial charge in [-0.05, 0) is 6.92 Å². The van der Waals surface area contributed by atoms with Crippen LogP contribution in [0, 0.1) is 0 Å². The first-order valence-corrected chi connectivity index (χ1v) is 3.75. The minimum Gasteiger partial charge on any atom is -0.479 e. The predicted octanol–water partition coefficient (Wildman–Crippen LogP) is 0.288. The molecule has 13 heavy (non-hydrogen) atoms. The highest BCUT2D eigenvalue weighted by molar-refractivity contribution is 5.76. The molecule has 0 amide bonds. The van der Waals surface area contributed by atoms with Gasteiger partial charge in [-0.1, -0.05) is 0 Å². The van der Waals surface area contributed by atoms with Crippen LogP contribution in [0.3, 0.4) is 0 Å². The molecular weight excluding hydrogens is 172 g/mol. The molecule has 1 heterocycles. The van der Waals surface area contributed by atoms with Crippen molar-refractivity contribution in [1.82, 2.24) is 9.97 Å². The van der Waals surface area contributed by atoms with Gasteiger partial charge in [0.15, 0.2) is 5.78 Å². The molecular formula is C8H10N2O3. The molecule has 0 saturated carbocycles. The Labute approximate surface area is 75.4 Å². The molecule has 1 aromatic rings. The van der Waals surface area contributed by atoms with E-state index in [-0.39, 0.29) is 25.0 Å². The zero-order valence-corrected chi connectivity index (χ0v) is 7.23. The van der Waals surface area contributed by atoms with Crippen LogP contribution in [0.5, 0.6) is 6.01 Å². The fraction of sp³-hybridized carbons (Fsp3) is 0.375. The van der Waals surface area contributed by atoms with Gasteiger partial charge in [-0.25, -0.2) is 9.97 Å². The molecule has 0 aromatic carbocycles. The van der Waals surface area contributed by atoms with Crippen molar-refractivity contribution in [3.63, 3.8) is 0 Å². The smallest absolute Gasteiger partial charge is 0.313 e. The number of carbonyl (C=O) groups excluding carboxylic acids is 1. The molecule has 5 heteroatoms. The van der Waals surface area contributed by atoms with Crippen LogP contribution in [-0.2, 0) is 16.1 Å². The molecule has 0 spiro atoms. The summed E-state index contributed by atoms with van der Waals surface area (Å²) in [6.45, 7) is 1.81. The van der Waals surface area contributed by atoms with Crippen molar-refractivity contribution in [2.24, 2.45) is 0 Å². The Kier molecular flexibility index (Phi) is 3.33. The molecule has 0 aliphatic rings. The second kappa shape index (κ2) is 4.51. The Morgan fingerprint density at radius 1 is 1.54 bits per heavy atom. The van der Waals surface area contributed by atoms with Crippen LogP contribution in [0.15, 0.2) is 12.4 Å². The molecule has 0 unspecified atom stereocenters. The summed E-state index contributed by atoms with van der Waals surface area (Å²) in [5.74, 6) is -0.0281. The van der Waals surface area contributed by atoms with E-state index in [2.05, 4.69) is 9.97 Å². The lowest BCUT2D eigenvalue weighted by Gasteiger charge is -2.00. The van der Waals surface area contributed by atoms with Gasteiger partial charge in [0.1, 0.15) is 6.61 Å². The van der Waals surface area contributed by atoms with Crippen molar-refractivity contribution >= 4 is 5.78 Å². The van der Waals surface area contributed by atoms with Crippen LogP contribution >= 0.6 is 0 Å². The standard InChI is InChI=1S/C8H10N2O3/c1-6(11)4-13-5-7-2-9-8(12)10-3-7/h2-3H,4-5H2,1H3,(H,9,10,12). The normalized spacial score (nSPS) is 9.92. The number of ketones is 1. The molecule has 0 radical (unpaired) electrons. The lowest BCUT2D eigenvalue weighted by atomic mass is 10.4. The number of aromatic nitrogens is 2. The van der Waals surface area contributed by atoms with Crippen LogP contribution in [0.25, 0.3) is 0 Å². The van der Waals surface area contributed by atoms with Crippen LogP contribution in [0.4, 0.5) is 0 Å². The Hall–Kier alpha value is -1.49. The van der Waals surface area contributed by atoms with Crippen molar-refractivity contribution < 1.29 is 14.6 Å². The van der Waals surface area contributed by atoms with E-state index in [1.807, 2.05) is 0 Å². The van der Waals surface area contributed by atoms with Gasteiger partial charge in [-0.15, -0.1) is 0 Å². The highest BCUT2D eigenvalue weighted by atomic mass is 16.5. The summed E-state index contributed by atoms with van der Waals surface area (Å²) >= 11 is 0. The van der Waals surface area contributed by atoms with Gasteiger partial charge in [-0.2, -0.15) is 0 Å². The molecule has 1 N–H and O–H groups in total. The highest BCUT2D eigenvalue weighted by Gasteiger charge is 1.97. The number of nitrogens with zero attached hydrogens (tertiary/aromatic N) is 2. The number of rotatable bonds is 4. The maximum atomic E-state index is 10.5. The Balaban J connectivity index is 2.37. The molecule has 0 bridgehead atoms. The van der Waals surface area contributed by atoms with Crippen molar-refractivity contribution in [3.05, 3.63) is 18.0 Å². The van der Waals surface area contributed by atoms with E-state index in [9.17, 15) is 4.79 Å². The summed E-state index contributed by atoms with van der Waals surface area (Å²) in [6.07, 6.45) is 2.89. The first kappa shape index (κ1) is 9.60. The largest absolute Gasteiger partial charge is 0.479 e. The van der Waals surface area contributed by atoms with Gasteiger partial charge in [0.2, 0.25) is 0 Å². The summed E-state index contributed by atoms with van der Waals surface area (Å²) in [5, 5.41) is 8.75. The number of aromatic hydroxyl groups is 1. The third-order valence-corrected chi connectivity index (χ3v) is 1.27. The van der Waals surface area contributed by atoms with E-state index < -0.39 is 0 Å². The lowest BCUT2D eigenvalue weighted by Crippen LogP contribution is -2.04. The Morgan fingerprint density at radius 3 is 2.69 bits per heavy atom. The third-order valence-electron chi connectivity index (χ3n) is 1.27. The average molecular weight is 182 g/mol. The molecule has 70 valence electrons. The maximum Gasteiger partial charge on any atom is 0.313 e. The van der Waals surface area contributed by atoms with Crippen molar-refractivity contribution in [2.45, 2.75) is 13.5 Å². The lowest BCUT2D eigenvalue weighted by molar-refractivity contribution is -0.121. The van der Waals surface area contributed by atoms with Crippen LogP contribution in [0.1, 0.15) is 12.5 Å². The number of hydrogen-bond donors (Lipinski definition) is 1. The number of carbonyl (C=O) groups is 1. The molecule has 1 rings (SSSR count). The van der Waals surface area contributed by atoms with Gasteiger partial charge in [0.05, 0.1) is 6.61 Å². The van der Waals surface area contributed by atoms with Crippen molar-refractivity contribution in [1.29, 1.82) is 0 Å². The highest BCUT2D eigenvalue weighted by Crippen LogP contribution is 2.01. The summed E-state index contributed by atoms with van der Waals surface area (Å²) in [5.41, 5.74) is 0.721. The molecule has 0 saturated heterocycles. The molecule has 0 aliphatic carbocycles. The monoisotopic (exact) mass is 182 g/mol. The zero-order valence-electron chi connectivity index (χ0n) is 7.23. The minimum atomic E-state index is -0.268. The van der Waals surface area contributed by atoms with Crippen molar-refractivity contribution in [3.8, 4) is 6.01 Å². The first-order chi connectivity index (χ1) is 6.18. The fourth-order valence-corrected chi connectivity index (χ4v) is 0.735. The van der Waals surface area contributed by atoms with E-state index in [4.69, 9.17) is 9.84 Å². The molecule has 1 aromatic heterocycles. The molecule has 0 fully saturated rings. The van der Waals surface area contributed by atoms with Crippen LogP contribution in [0.2, 0.25) is 0 Å². The van der Waals surface area contributed by atoms with Gasteiger partial charge in [0, 0.05) is 18.0 Å². The minimum absolute atomic E-state index is 0.0281. The van der Waals surface area contributed by atoms with E-state index in [0.717, 1.165) is 5.56 Å². The maximum absolute atomic E-state index is 10.5. The number of Topliss-reactive ketones (excluding diaryl/α,β-unsaturated/α-hetero) is 1. The Morgan fingerprint density at radius 2 is 2.15 bits per heavy atom. The van der Waals surface area contributed by atoms with Gasteiger partial charge in [0.25, 0.3) is 0 Å². The van der Waals surface area contributed by atoms with Gasteiger partial charge >= 0.3 is 6.01 Å². The van der Waals surface area contributed by atoms with Gasteiger partial charge < -0.3 is 9.84 Å². The van der Waals surface area contributed by atoms with Gasteiger partial charge in [-0.3, -0.25) is 4.79 Å². The van der Waals surface area contributed by atoms with E-state index in [1.54, 1.807) is 0 Å². The zero-order chi connectivity index (χ0) is 9.68.